The first-order valence-corrected chi connectivity index (χ1v) is 23.9. The lowest BCUT2D eigenvalue weighted by molar-refractivity contribution is -0.265. The Morgan fingerprint density at radius 3 is 2.25 bits per heavy atom. The number of hydrogen-bond donors (Lipinski definition) is 3. The number of ketones is 3. The highest BCUT2D eigenvalue weighted by Crippen LogP contribution is 2.38. The second kappa shape index (κ2) is 25.1. The summed E-state index contributed by atoms with van der Waals surface area (Å²) in [6, 6.07) is -1.14. The number of methoxy groups -OCH3 is 3. The van der Waals surface area contributed by atoms with E-state index in [1.165, 1.54) is 12.0 Å². The number of fused-ring (bicyclic) bond motifs is 3. The average molecular weight is 914 g/mol. The van der Waals surface area contributed by atoms with Gasteiger partial charge in [-0.3, -0.25) is 19.2 Å². The van der Waals surface area contributed by atoms with Gasteiger partial charge in [0.25, 0.3) is 11.7 Å². The molecule has 14 nitrogen and oxygen atoms in total. The first-order chi connectivity index (χ1) is 30.7. The average Bonchev–Trinajstić information content (AvgIpc) is 3.28. The number of carbonyl (C=O) groups excluding carboxylic acids is 5. The number of piperidine rings is 1. The Balaban J connectivity index is 1.70. The molecule has 15 atom stereocenters. The molecule has 3 N–H and O–H groups in total. The minimum Gasteiger partial charge on any atom is -0.460 e. The van der Waals surface area contributed by atoms with Crippen LogP contribution in [0.15, 0.2) is 47.6 Å². The van der Waals surface area contributed by atoms with Crippen LogP contribution in [0.1, 0.15) is 126 Å². The van der Waals surface area contributed by atoms with E-state index in [1.807, 2.05) is 58.1 Å². The van der Waals surface area contributed by atoms with Gasteiger partial charge in [0.05, 0.1) is 24.4 Å². The van der Waals surface area contributed by atoms with Crippen molar-refractivity contribution in [1.82, 2.24) is 4.90 Å². The summed E-state index contributed by atoms with van der Waals surface area (Å²) < 4.78 is 29.4. The highest BCUT2D eigenvalue weighted by Gasteiger charge is 2.53. The van der Waals surface area contributed by atoms with Crippen LogP contribution < -0.4 is 0 Å². The van der Waals surface area contributed by atoms with Crippen molar-refractivity contribution in [3.8, 4) is 0 Å². The summed E-state index contributed by atoms with van der Waals surface area (Å²) in [7, 11) is 4.52. The number of carbonyl (C=O) groups is 5. The summed E-state index contributed by atoms with van der Waals surface area (Å²) in [5.74, 6) is -7.96. The third-order valence-electron chi connectivity index (χ3n) is 14.5. The summed E-state index contributed by atoms with van der Waals surface area (Å²) in [5.41, 5.74) is 1.27. The highest BCUT2D eigenvalue weighted by molar-refractivity contribution is 6.39. The lowest BCUT2D eigenvalue weighted by Gasteiger charge is -2.42. The Hall–Kier alpha value is -3.37. The van der Waals surface area contributed by atoms with E-state index in [9.17, 15) is 39.3 Å². The number of ether oxygens (including phenoxy) is 5. The molecular formula is C51H79NO13. The number of allylic oxidation sites excluding steroid dienone is 6. The molecule has 2 saturated heterocycles. The molecule has 1 amide bonds. The first kappa shape index (κ1) is 54.2. The zero-order chi connectivity index (χ0) is 48.2. The first-order valence-electron chi connectivity index (χ1n) is 23.9. The maximum atomic E-state index is 14.4. The van der Waals surface area contributed by atoms with Crippen LogP contribution in [0.2, 0.25) is 0 Å². The lowest BCUT2D eigenvalue weighted by atomic mass is 9.78. The number of aliphatic hydroxyl groups is 3. The molecule has 14 heteroatoms. The molecule has 0 aromatic heterocycles. The van der Waals surface area contributed by atoms with Crippen LogP contribution in [-0.4, -0.2) is 132 Å². The van der Waals surface area contributed by atoms with Crippen LogP contribution in [-0.2, 0) is 47.7 Å². The second-order valence-electron chi connectivity index (χ2n) is 19.6. The molecule has 3 heterocycles. The Kier molecular flexibility index (Phi) is 21.0. The second-order valence-corrected chi connectivity index (χ2v) is 19.6. The van der Waals surface area contributed by atoms with Gasteiger partial charge in [0, 0.05) is 58.5 Å². The normalized spacial score (nSPS) is 39.1. The van der Waals surface area contributed by atoms with Gasteiger partial charge in [0.15, 0.2) is 5.78 Å². The number of aliphatic hydroxyl groups excluding tert-OH is 2. The predicted molar refractivity (Wildman–Crippen MR) is 245 cm³/mol. The monoisotopic (exact) mass is 914 g/mol. The predicted octanol–water partition coefficient (Wildman–Crippen LogP) is 6.18. The Morgan fingerprint density at radius 2 is 1.57 bits per heavy atom. The van der Waals surface area contributed by atoms with Crippen molar-refractivity contribution in [2.24, 2.45) is 35.5 Å². The van der Waals surface area contributed by atoms with E-state index in [1.54, 1.807) is 41.1 Å². The number of Topliss-reactive ketones (excluding diaryl/α,β-unsaturated/α-hetero) is 3. The van der Waals surface area contributed by atoms with E-state index in [4.69, 9.17) is 23.7 Å². The zero-order valence-corrected chi connectivity index (χ0v) is 40.6. The van der Waals surface area contributed by atoms with Crippen molar-refractivity contribution in [1.29, 1.82) is 0 Å². The molecule has 2 bridgehead atoms. The topological polar surface area (TPSA) is 195 Å². The maximum Gasteiger partial charge on any atom is 0.329 e. The Morgan fingerprint density at radius 1 is 0.846 bits per heavy atom. The SMILES string of the molecule is CO[C@H]1C[C@@H]2CC[C@@H](C)[C@@](O)(O2)C(=O)C(=O)N2CCCC[C@H]2C(=O)O[C@H](C(C)C[C@@H]2CC[C@@H](O)[C@H](OC)C2)CC(=O)[C@H](C)/C=C(\C)[C@@H](O)[C@@H](OC)C(=O)[C@H](C)C[C@H](C)/C=C/C=CC=C1C. The molecule has 1 aliphatic carbocycles. The van der Waals surface area contributed by atoms with Crippen LogP contribution in [0, 0.1) is 35.5 Å². The molecule has 3 aliphatic heterocycles. The van der Waals surface area contributed by atoms with Gasteiger partial charge in [-0.15, -0.1) is 0 Å². The molecule has 0 aromatic carbocycles. The number of nitrogens with zero attached hydrogens (tertiary/aromatic N) is 1. The van der Waals surface area contributed by atoms with Crippen LogP contribution in [0.5, 0.6) is 0 Å². The fourth-order valence-electron chi connectivity index (χ4n) is 10.1. The molecule has 65 heavy (non-hydrogen) atoms. The molecule has 1 unspecified atom stereocenters. The van der Waals surface area contributed by atoms with E-state index in [0.717, 1.165) is 12.0 Å². The van der Waals surface area contributed by atoms with Crippen LogP contribution >= 0.6 is 0 Å². The van der Waals surface area contributed by atoms with Gasteiger partial charge in [-0.1, -0.05) is 71.1 Å². The van der Waals surface area contributed by atoms with E-state index in [0.29, 0.717) is 63.4 Å². The molecule has 0 radical (unpaired) electrons. The van der Waals surface area contributed by atoms with Crippen molar-refractivity contribution in [2.45, 2.75) is 180 Å². The maximum absolute atomic E-state index is 14.4. The van der Waals surface area contributed by atoms with Gasteiger partial charge >= 0.3 is 5.97 Å². The van der Waals surface area contributed by atoms with E-state index in [-0.39, 0.29) is 54.8 Å². The minimum atomic E-state index is -2.43. The largest absolute Gasteiger partial charge is 0.460 e. The zero-order valence-electron chi connectivity index (χ0n) is 40.6. The summed E-state index contributed by atoms with van der Waals surface area (Å²) in [6.07, 6.45) is 11.2. The van der Waals surface area contributed by atoms with Crippen LogP contribution in [0.3, 0.4) is 0 Å². The molecule has 0 spiro atoms. The van der Waals surface area contributed by atoms with Crippen molar-refractivity contribution < 1.29 is 63.0 Å². The molecule has 3 fully saturated rings. The van der Waals surface area contributed by atoms with Crippen molar-refractivity contribution in [3.05, 3.63) is 47.6 Å². The number of hydrogen-bond acceptors (Lipinski definition) is 13. The van der Waals surface area contributed by atoms with Gasteiger partial charge in [0.2, 0.25) is 5.79 Å². The van der Waals surface area contributed by atoms with E-state index in [2.05, 4.69) is 0 Å². The van der Waals surface area contributed by atoms with Gasteiger partial charge in [-0.25, -0.2) is 4.79 Å². The van der Waals surface area contributed by atoms with Gasteiger partial charge in [-0.05, 0) is 107 Å². The summed E-state index contributed by atoms with van der Waals surface area (Å²) in [4.78, 5) is 71.8. The quantitative estimate of drug-likeness (QED) is 0.156. The molecule has 1 saturated carbocycles. The van der Waals surface area contributed by atoms with Crippen molar-refractivity contribution in [2.75, 3.05) is 27.9 Å². The van der Waals surface area contributed by atoms with Crippen LogP contribution in [0.4, 0.5) is 0 Å². The standard InChI is InChI=1S/C51H79NO13/c1-30-16-12-11-13-17-31(2)42(61-8)28-38-21-19-36(7)51(60,65-38)48(57)49(58)52-23-15-14-18-39(52)50(59)64-43(33(4)26-37-20-22-40(53)44(27-37)62-9)29-41(54)32(3)25-35(6)46(56)47(63-10)45(55)34(5)24-30/h11-13,16-17,25,30,32-34,36-40,42-44,46-47,53,56,60H,14-15,18-24,26-29H2,1-10H3/b13-11?,16-12+,31-17?,35-25+/t30-,32-,33?,34-,36-,37+,38+,39+,40-,42+,43+,44-,46-,47+,51-/m1/s1. The van der Waals surface area contributed by atoms with Gasteiger partial charge in [0.1, 0.15) is 30.1 Å². The van der Waals surface area contributed by atoms with Crippen LogP contribution in [0.25, 0.3) is 0 Å². The number of amides is 1. The van der Waals surface area contributed by atoms with Crippen molar-refractivity contribution >= 4 is 29.2 Å². The fourth-order valence-corrected chi connectivity index (χ4v) is 10.1. The smallest absolute Gasteiger partial charge is 0.329 e. The molecule has 4 rings (SSSR count). The fraction of sp³-hybridized carbons (Fsp3) is 0.745. The minimum absolute atomic E-state index is 0.0193. The molecule has 4 aliphatic rings. The van der Waals surface area contributed by atoms with Crippen molar-refractivity contribution in [3.63, 3.8) is 0 Å². The molecular weight excluding hydrogens is 835 g/mol. The van der Waals surface area contributed by atoms with Gasteiger partial charge < -0.3 is 43.9 Å². The summed E-state index contributed by atoms with van der Waals surface area (Å²) in [5, 5.41) is 33.8. The summed E-state index contributed by atoms with van der Waals surface area (Å²) in [6.45, 7) is 12.7. The lowest BCUT2D eigenvalue weighted by Crippen LogP contribution is -2.61. The Bertz CT molecular complexity index is 1760. The number of rotatable bonds is 6. The molecule has 0 aromatic rings. The Labute approximate surface area is 387 Å². The number of cyclic esters (lactones) is 1. The number of esters is 1. The third kappa shape index (κ3) is 14.3. The summed E-state index contributed by atoms with van der Waals surface area (Å²) >= 11 is 0. The van der Waals surface area contributed by atoms with Gasteiger partial charge in [-0.2, -0.15) is 0 Å². The van der Waals surface area contributed by atoms with E-state index < -0.39 is 83.9 Å². The molecule has 366 valence electrons. The third-order valence-corrected chi connectivity index (χ3v) is 14.5. The van der Waals surface area contributed by atoms with E-state index >= 15 is 0 Å². The highest BCUT2D eigenvalue weighted by atomic mass is 16.6.